The second kappa shape index (κ2) is 11.3. The van der Waals surface area contributed by atoms with Crippen molar-refractivity contribution in [1.82, 2.24) is 10.2 Å². The monoisotopic (exact) mass is 470 g/mol. The van der Waals surface area contributed by atoms with Crippen molar-refractivity contribution < 1.29 is 19.1 Å². The molecule has 2 aromatic carbocycles. The predicted octanol–water partition coefficient (Wildman–Crippen LogP) is 4.47. The van der Waals surface area contributed by atoms with E-state index in [1.54, 1.807) is 23.1 Å². The minimum Gasteiger partial charge on any atom is -0.489 e. The van der Waals surface area contributed by atoms with Gasteiger partial charge in [-0.2, -0.15) is 0 Å². The van der Waals surface area contributed by atoms with Crippen LogP contribution in [0, 0.1) is 5.92 Å². The van der Waals surface area contributed by atoms with Crippen molar-refractivity contribution >= 4 is 29.2 Å². The predicted molar refractivity (Wildman–Crippen MR) is 129 cm³/mol. The lowest BCUT2D eigenvalue weighted by Gasteiger charge is -2.34. The van der Waals surface area contributed by atoms with Crippen LogP contribution in [-0.4, -0.2) is 48.7 Å². The van der Waals surface area contributed by atoms with Crippen molar-refractivity contribution in [3.05, 3.63) is 64.7 Å². The molecule has 6 nitrogen and oxygen atoms in total. The van der Waals surface area contributed by atoms with Gasteiger partial charge in [0.1, 0.15) is 5.75 Å². The number of carbonyl (C=O) groups excluding carboxylic acids is 3. The van der Waals surface area contributed by atoms with Crippen LogP contribution in [0.5, 0.6) is 5.75 Å². The number of amides is 2. The smallest absolute Gasteiger partial charge is 0.225 e. The summed E-state index contributed by atoms with van der Waals surface area (Å²) in [5, 5.41) is 2.98. The van der Waals surface area contributed by atoms with Crippen molar-refractivity contribution in [2.45, 2.75) is 45.1 Å². The van der Waals surface area contributed by atoms with E-state index < -0.39 is 5.92 Å². The Morgan fingerprint density at radius 2 is 1.91 bits per heavy atom. The number of hydrogen-bond donors (Lipinski definition) is 1. The second-order valence-electron chi connectivity index (χ2n) is 8.69. The van der Waals surface area contributed by atoms with Crippen molar-refractivity contribution in [1.29, 1.82) is 0 Å². The van der Waals surface area contributed by atoms with Gasteiger partial charge < -0.3 is 15.0 Å². The molecule has 0 spiro atoms. The summed E-state index contributed by atoms with van der Waals surface area (Å²) in [6.07, 6.45) is 1.19. The zero-order valence-electron chi connectivity index (χ0n) is 19.3. The second-order valence-corrected chi connectivity index (χ2v) is 9.10. The molecule has 0 saturated carbocycles. The molecule has 1 aliphatic heterocycles. The summed E-state index contributed by atoms with van der Waals surface area (Å²) < 4.78 is 5.62. The molecule has 1 heterocycles. The first-order valence-electron chi connectivity index (χ1n) is 11.3. The molecular weight excluding hydrogens is 440 g/mol. The average Bonchev–Trinajstić information content (AvgIpc) is 2.80. The van der Waals surface area contributed by atoms with E-state index in [4.69, 9.17) is 16.3 Å². The Morgan fingerprint density at radius 1 is 1.18 bits per heavy atom. The van der Waals surface area contributed by atoms with Crippen molar-refractivity contribution in [3.8, 4) is 5.75 Å². The van der Waals surface area contributed by atoms with Crippen LogP contribution in [0.25, 0.3) is 0 Å². The standard InChI is InChI=1S/C26H31ClN2O4/c1-17(2)33-24-10-9-20(13-22(24)27)23(30)14-21(26(32)28-3)16-29-12-11-19(15-25(29)31)18-7-5-4-6-8-18/h4-10,13,17,19,21H,11-12,14-16H2,1-3H3,(H,28,32)/t19?,21-/m0/s1. The van der Waals surface area contributed by atoms with E-state index in [0.29, 0.717) is 29.3 Å². The Labute approximate surface area is 200 Å². The summed E-state index contributed by atoms with van der Waals surface area (Å²) in [6, 6.07) is 14.9. The largest absolute Gasteiger partial charge is 0.489 e. The summed E-state index contributed by atoms with van der Waals surface area (Å²) in [5.41, 5.74) is 1.57. The van der Waals surface area contributed by atoms with Crippen molar-refractivity contribution in [2.75, 3.05) is 20.1 Å². The normalized spacial score (nSPS) is 17.1. The number of Topliss-reactive ketones (excluding diaryl/α,β-unsaturated/α-hetero) is 1. The third kappa shape index (κ3) is 6.57. The molecule has 1 fully saturated rings. The van der Waals surface area contributed by atoms with Gasteiger partial charge in [-0.1, -0.05) is 41.9 Å². The zero-order chi connectivity index (χ0) is 24.0. The van der Waals surface area contributed by atoms with Gasteiger partial charge in [-0.25, -0.2) is 0 Å². The molecular formula is C26H31ClN2O4. The topological polar surface area (TPSA) is 75.7 Å². The van der Waals surface area contributed by atoms with Crippen molar-refractivity contribution in [3.63, 3.8) is 0 Å². The molecule has 1 saturated heterocycles. The molecule has 0 radical (unpaired) electrons. The lowest BCUT2D eigenvalue weighted by Crippen LogP contribution is -2.44. The molecule has 33 heavy (non-hydrogen) atoms. The van der Waals surface area contributed by atoms with Crippen molar-refractivity contribution in [2.24, 2.45) is 5.92 Å². The molecule has 0 aliphatic carbocycles. The summed E-state index contributed by atoms with van der Waals surface area (Å²) in [4.78, 5) is 40.0. The summed E-state index contributed by atoms with van der Waals surface area (Å²) in [5.74, 6) is -0.387. The van der Waals surface area contributed by atoms with E-state index >= 15 is 0 Å². The van der Waals surface area contributed by atoms with Crippen LogP contribution in [0.2, 0.25) is 5.02 Å². The number of carbonyl (C=O) groups is 3. The first-order valence-corrected chi connectivity index (χ1v) is 11.7. The quantitative estimate of drug-likeness (QED) is 0.548. The highest BCUT2D eigenvalue weighted by Gasteiger charge is 2.31. The molecule has 1 aliphatic rings. The molecule has 1 unspecified atom stereocenters. The van der Waals surface area contributed by atoms with Gasteiger partial charge in [0.25, 0.3) is 0 Å². The molecule has 1 N–H and O–H groups in total. The fourth-order valence-electron chi connectivity index (χ4n) is 4.16. The van der Waals surface area contributed by atoms with Crippen LogP contribution >= 0.6 is 11.6 Å². The summed E-state index contributed by atoms with van der Waals surface area (Å²) in [6.45, 7) is 4.57. The Balaban J connectivity index is 1.66. The molecule has 2 aromatic rings. The minimum absolute atomic E-state index is 0.00766. The van der Waals surface area contributed by atoms with Crippen LogP contribution in [0.15, 0.2) is 48.5 Å². The Kier molecular flexibility index (Phi) is 8.50. The van der Waals surface area contributed by atoms with E-state index in [1.807, 2.05) is 44.2 Å². The Morgan fingerprint density at radius 3 is 2.52 bits per heavy atom. The van der Waals surface area contributed by atoms with E-state index in [-0.39, 0.29) is 42.6 Å². The van der Waals surface area contributed by atoms with Crippen LogP contribution in [0.3, 0.4) is 0 Å². The number of halogens is 1. The highest BCUT2D eigenvalue weighted by molar-refractivity contribution is 6.32. The van der Waals surface area contributed by atoms with Gasteiger partial charge in [0.15, 0.2) is 5.78 Å². The van der Waals surface area contributed by atoms with Gasteiger partial charge in [0, 0.05) is 38.5 Å². The lowest BCUT2D eigenvalue weighted by molar-refractivity contribution is -0.136. The first-order chi connectivity index (χ1) is 15.8. The number of ketones is 1. The lowest BCUT2D eigenvalue weighted by atomic mass is 9.88. The number of hydrogen-bond acceptors (Lipinski definition) is 4. The maximum atomic E-state index is 12.9. The molecule has 7 heteroatoms. The number of likely N-dealkylation sites (tertiary alicyclic amines) is 1. The summed E-state index contributed by atoms with van der Waals surface area (Å²) in [7, 11) is 1.54. The van der Waals surface area contributed by atoms with Crippen LogP contribution in [0.1, 0.15) is 54.9 Å². The number of rotatable bonds is 9. The molecule has 3 rings (SSSR count). The van der Waals surface area contributed by atoms with Gasteiger partial charge in [0.05, 0.1) is 17.0 Å². The van der Waals surface area contributed by atoms with Crippen LogP contribution in [0.4, 0.5) is 0 Å². The number of nitrogens with one attached hydrogen (secondary N) is 1. The number of nitrogens with zero attached hydrogens (tertiary/aromatic N) is 1. The number of benzene rings is 2. The number of piperidine rings is 1. The fourth-order valence-corrected chi connectivity index (χ4v) is 4.38. The van der Waals surface area contributed by atoms with Crippen LogP contribution < -0.4 is 10.1 Å². The van der Waals surface area contributed by atoms with Gasteiger partial charge in [0.2, 0.25) is 11.8 Å². The third-order valence-electron chi connectivity index (χ3n) is 5.90. The maximum Gasteiger partial charge on any atom is 0.225 e. The van der Waals surface area contributed by atoms with Gasteiger partial charge in [-0.05, 0) is 49.9 Å². The molecule has 2 amide bonds. The number of ether oxygens (including phenoxy) is 1. The van der Waals surface area contributed by atoms with Gasteiger partial charge >= 0.3 is 0 Å². The van der Waals surface area contributed by atoms with Gasteiger partial charge in [-0.15, -0.1) is 0 Å². The average molecular weight is 471 g/mol. The Bertz CT molecular complexity index is 993. The molecule has 0 bridgehead atoms. The van der Waals surface area contributed by atoms with E-state index in [2.05, 4.69) is 5.32 Å². The highest BCUT2D eigenvalue weighted by Crippen LogP contribution is 2.30. The summed E-state index contributed by atoms with van der Waals surface area (Å²) >= 11 is 6.27. The Hall–Kier alpha value is -2.86. The molecule has 0 aromatic heterocycles. The molecule has 176 valence electrons. The molecule has 2 atom stereocenters. The fraction of sp³-hybridized carbons (Fsp3) is 0.423. The SMILES string of the molecule is CNC(=O)[C@@H](CC(=O)c1ccc(OC(C)C)c(Cl)c1)CN1CCC(c2ccccc2)CC1=O. The van der Waals surface area contributed by atoms with E-state index in [1.165, 1.54) is 7.05 Å². The maximum absolute atomic E-state index is 12.9. The van der Waals surface area contributed by atoms with E-state index in [0.717, 1.165) is 12.0 Å². The van der Waals surface area contributed by atoms with Crippen LogP contribution in [-0.2, 0) is 9.59 Å². The first kappa shape index (κ1) is 24.8. The zero-order valence-corrected chi connectivity index (χ0v) is 20.1. The minimum atomic E-state index is -0.634. The third-order valence-corrected chi connectivity index (χ3v) is 6.19. The van der Waals surface area contributed by atoms with Gasteiger partial charge in [-0.3, -0.25) is 14.4 Å². The highest BCUT2D eigenvalue weighted by atomic mass is 35.5. The van der Waals surface area contributed by atoms with E-state index in [9.17, 15) is 14.4 Å².